The Morgan fingerprint density at radius 2 is 1.57 bits per heavy atom. The van der Waals surface area contributed by atoms with E-state index in [1.54, 1.807) is 6.07 Å². The summed E-state index contributed by atoms with van der Waals surface area (Å²) in [6.45, 7) is 10.3. The summed E-state index contributed by atoms with van der Waals surface area (Å²) in [6, 6.07) is 21.9. The summed E-state index contributed by atoms with van der Waals surface area (Å²) < 4.78 is 5.44. The number of para-hydroxylation sites is 1. The maximum atomic E-state index is 13.6. The largest absolute Gasteiger partial charge is 0.379 e. The van der Waals surface area contributed by atoms with Gasteiger partial charge in [0.05, 0.1) is 18.8 Å². The Morgan fingerprint density at radius 3 is 2.29 bits per heavy atom. The van der Waals surface area contributed by atoms with Gasteiger partial charge in [-0.2, -0.15) is 0 Å². The van der Waals surface area contributed by atoms with Crippen LogP contribution in [0.5, 0.6) is 0 Å². The molecule has 0 atom stereocenters. The third-order valence-electron chi connectivity index (χ3n) is 8.36. The first kappa shape index (κ1) is 29.6. The molecule has 222 valence electrons. The van der Waals surface area contributed by atoms with Gasteiger partial charge in [-0.25, -0.2) is 4.79 Å². The molecule has 3 aromatic carbocycles. The predicted molar refractivity (Wildman–Crippen MR) is 170 cm³/mol. The summed E-state index contributed by atoms with van der Waals surface area (Å²) in [7, 11) is 0. The molecule has 0 radical (unpaired) electrons. The minimum absolute atomic E-state index is 0.122. The summed E-state index contributed by atoms with van der Waals surface area (Å²) in [4.78, 5) is 31.1. The molecule has 0 aromatic heterocycles. The van der Waals surface area contributed by atoms with Gasteiger partial charge in [0.2, 0.25) is 0 Å². The molecule has 3 N–H and O–H groups in total. The van der Waals surface area contributed by atoms with Crippen LogP contribution in [0.4, 0.5) is 21.9 Å². The number of morpholine rings is 1. The number of hydrogen-bond acceptors (Lipinski definition) is 5. The molecular weight excluding hydrogens is 526 g/mol. The molecule has 0 saturated carbocycles. The zero-order valence-corrected chi connectivity index (χ0v) is 24.8. The highest BCUT2D eigenvalue weighted by molar-refractivity contribution is 6.04. The van der Waals surface area contributed by atoms with E-state index < -0.39 is 0 Å². The van der Waals surface area contributed by atoms with E-state index in [4.69, 9.17) is 4.74 Å². The number of carbonyl (C=O) groups is 2. The van der Waals surface area contributed by atoms with Gasteiger partial charge in [0.25, 0.3) is 5.91 Å². The van der Waals surface area contributed by atoms with Crippen molar-refractivity contribution in [1.82, 2.24) is 10.2 Å². The van der Waals surface area contributed by atoms with Crippen LogP contribution >= 0.6 is 0 Å². The first-order valence-electron chi connectivity index (χ1n) is 15.1. The van der Waals surface area contributed by atoms with E-state index in [0.717, 1.165) is 87.7 Å². The van der Waals surface area contributed by atoms with Gasteiger partial charge < -0.3 is 25.6 Å². The minimum Gasteiger partial charge on any atom is -0.379 e. The minimum atomic E-state index is -0.333. The zero-order valence-electron chi connectivity index (χ0n) is 24.8. The highest BCUT2D eigenvalue weighted by Crippen LogP contribution is 2.30. The third kappa shape index (κ3) is 7.89. The molecule has 2 heterocycles. The number of anilines is 3. The number of rotatable bonds is 9. The van der Waals surface area contributed by atoms with Crippen LogP contribution in [0.2, 0.25) is 0 Å². The van der Waals surface area contributed by atoms with E-state index in [0.29, 0.717) is 23.7 Å². The van der Waals surface area contributed by atoms with Crippen LogP contribution in [-0.2, 0) is 11.2 Å². The lowest BCUT2D eigenvalue weighted by Gasteiger charge is -2.35. The lowest BCUT2D eigenvalue weighted by Crippen LogP contribution is -2.41. The lowest BCUT2D eigenvalue weighted by molar-refractivity contribution is 0.0383. The van der Waals surface area contributed by atoms with Gasteiger partial charge in [0.15, 0.2) is 0 Å². The van der Waals surface area contributed by atoms with Crippen molar-refractivity contribution in [2.24, 2.45) is 5.92 Å². The fourth-order valence-corrected chi connectivity index (χ4v) is 5.93. The number of nitrogens with one attached hydrogen (secondary N) is 3. The van der Waals surface area contributed by atoms with Crippen molar-refractivity contribution in [3.63, 3.8) is 0 Å². The Hall–Kier alpha value is -3.88. The maximum Gasteiger partial charge on any atom is 0.323 e. The van der Waals surface area contributed by atoms with Gasteiger partial charge in [-0.3, -0.25) is 9.69 Å². The average molecular weight is 570 g/mol. The van der Waals surface area contributed by atoms with E-state index in [-0.39, 0.29) is 11.9 Å². The van der Waals surface area contributed by atoms with Gasteiger partial charge in [-0.05, 0) is 73.9 Å². The summed E-state index contributed by atoms with van der Waals surface area (Å²) >= 11 is 0. The molecule has 2 aliphatic rings. The Balaban J connectivity index is 1.27. The first-order valence-corrected chi connectivity index (χ1v) is 15.1. The van der Waals surface area contributed by atoms with Crippen molar-refractivity contribution >= 4 is 29.0 Å². The molecule has 0 spiro atoms. The van der Waals surface area contributed by atoms with E-state index in [9.17, 15) is 9.59 Å². The summed E-state index contributed by atoms with van der Waals surface area (Å²) in [5.41, 5.74) is 6.26. The van der Waals surface area contributed by atoms with Crippen LogP contribution in [0.3, 0.4) is 0 Å². The zero-order chi connectivity index (χ0) is 29.3. The van der Waals surface area contributed by atoms with Crippen LogP contribution in [0.1, 0.15) is 39.9 Å². The number of hydrogen-bond donors (Lipinski definition) is 3. The SMILES string of the molecule is Cc1cccc(C)c1NC(=O)Nc1ccc(N2CCC(Cc3ccccc3)CC2)c(C(=O)NCCN2CCOCC2)c1. The van der Waals surface area contributed by atoms with Crippen molar-refractivity contribution in [3.05, 3.63) is 89.0 Å². The quantitative estimate of drug-likeness (QED) is 0.318. The normalized spacial score (nSPS) is 16.2. The Kier molecular flexibility index (Phi) is 10.1. The summed E-state index contributed by atoms with van der Waals surface area (Å²) in [5, 5.41) is 9.04. The number of piperidine rings is 1. The smallest absolute Gasteiger partial charge is 0.323 e. The fourth-order valence-electron chi connectivity index (χ4n) is 5.93. The van der Waals surface area contributed by atoms with Crippen molar-refractivity contribution in [2.45, 2.75) is 33.1 Å². The summed E-state index contributed by atoms with van der Waals surface area (Å²) in [5.74, 6) is 0.507. The average Bonchev–Trinajstić information content (AvgIpc) is 3.00. The Morgan fingerprint density at radius 1 is 0.857 bits per heavy atom. The second-order valence-electron chi connectivity index (χ2n) is 11.4. The van der Waals surface area contributed by atoms with Crippen LogP contribution in [0.15, 0.2) is 66.7 Å². The topological polar surface area (TPSA) is 85.9 Å². The van der Waals surface area contributed by atoms with Crippen molar-refractivity contribution in [2.75, 3.05) is 68.0 Å². The number of aryl methyl sites for hydroxylation is 2. The second-order valence-corrected chi connectivity index (χ2v) is 11.4. The number of ether oxygens (including phenoxy) is 1. The van der Waals surface area contributed by atoms with Crippen molar-refractivity contribution in [3.8, 4) is 0 Å². The van der Waals surface area contributed by atoms with E-state index >= 15 is 0 Å². The standard InChI is InChI=1S/C34H43N5O3/c1-25-7-6-8-26(2)32(25)37-34(41)36-29-11-12-31(30(24-29)33(40)35-15-18-38-19-21-42-22-20-38)39-16-13-28(14-17-39)23-27-9-4-3-5-10-27/h3-12,24,28H,13-23H2,1-2H3,(H,35,40)(H2,36,37,41). The maximum absolute atomic E-state index is 13.6. The molecule has 42 heavy (non-hydrogen) atoms. The number of nitrogens with zero attached hydrogens (tertiary/aromatic N) is 2. The second kappa shape index (κ2) is 14.3. The van der Waals surface area contributed by atoms with E-state index in [2.05, 4.69) is 56.1 Å². The summed E-state index contributed by atoms with van der Waals surface area (Å²) in [6.07, 6.45) is 3.23. The highest BCUT2D eigenvalue weighted by Gasteiger charge is 2.24. The molecule has 8 heteroatoms. The van der Waals surface area contributed by atoms with Crippen molar-refractivity contribution in [1.29, 1.82) is 0 Å². The third-order valence-corrected chi connectivity index (χ3v) is 8.36. The molecule has 0 bridgehead atoms. The molecule has 5 rings (SSSR count). The van der Waals surface area contributed by atoms with E-state index in [1.165, 1.54) is 5.56 Å². The van der Waals surface area contributed by atoms with Crippen LogP contribution in [0.25, 0.3) is 0 Å². The lowest BCUT2D eigenvalue weighted by atomic mass is 9.89. The van der Waals surface area contributed by atoms with E-state index in [1.807, 2.05) is 44.2 Å². The molecule has 0 unspecified atom stereocenters. The highest BCUT2D eigenvalue weighted by atomic mass is 16.5. The fraction of sp³-hybridized carbons (Fsp3) is 0.412. The molecule has 3 aromatic rings. The first-order chi connectivity index (χ1) is 20.5. The monoisotopic (exact) mass is 569 g/mol. The van der Waals surface area contributed by atoms with Gasteiger partial charge in [-0.15, -0.1) is 0 Å². The van der Waals surface area contributed by atoms with Crippen LogP contribution in [-0.4, -0.2) is 69.3 Å². The van der Waals surface area contributed by atoms with Gasteiger partial charge in [0.1, 0.15) is 0 Å². The Labute approximate surface area is 249 Å². The number of benzene rings is 3. The molecular formula is C34H43N5O3. The van der Waals surface area contributed by atoms with Crippen molar-refractivity contribution < 1.29 is 14.3 Å². The molecule has 3 amide bonds. The molecule has 8 nitrogen and oxygen atoms in total. The molecule has 2 aliphatic heterocycles. The van der Waals surface area contributed by atoms with Gasteiger partial charge in [0, 0.05) is 56.3 Å². The van der Waals surface area contributed by atoms with Gasteiger partial charge in [-0.1, -0.05) is 48.5 Å². The number of carbonyl (C=O) groups excluding carboxylic acids is 2. The number of amides is 3. The van der Waals surface area contributed by atoms with Gasteiger partial charge >= 0.3 is 6.03 Å². The van der Waals surface area contributed by atoms with Crippen LogP contribution < -0.4 is 20.9 Å². The molecule has 0 aliphatic carbocycles. The van der Waals surface area contributed by atoms with Crippen LogP contribution in [0, 0.1) is 19.8 Å². The number of urea groups is 1. The molecule has 2 saturated heterocycles. The molecule has 2 fully saturated rings. The Bertz CT molecular complexity index is 1330. The predicted octanol–water partition coefficient (Wildman–Crippen LogP) is 5.47.